The first-order valence-corrected chi connectivity index (χ1v) is 5.88. The maximum absolute atomic E-state index is 4.04. The number of nitrogens with zero attached hydrogens (tertiary/aromatic N) is 1. The van der Waals surface area contributed by atoms with Gasteiger partial charge in [0, 0.05) is 12.1 Å². The fourth-order valence-corrected chi connectivity index (χ4v) is 1.84. The summed E-state index contributed by atoms with van der Waals surface area (Å²) in [5.41, 5.74) is 6.32. The lowest BCUT2D eigenvalue weighted by molar-refractivity contribution is 1.04. The van der Waals surface area contributed by atoms with Gasteiger partial charge in [0.2, 0.25) is 0 Å². The van der Waals surface area contributed by atoms with Crippen LogP contribution < -0.4 is 0 Å². The Balaban J connectivity index is 2.14. The molecule has 0 aliphatic carbocycles. The maximum Gasteiger partial charge on any atom is 0.0525 e. The van der Waals surface area contributed by atoms with E-state index in [0.29, 0.717) is 0 Å². The van der Waals surface area contributed by atoms with Crippen molar-refractivity contribution in [2.24, 2.45) is 0 Å². The Kier molecular flexibility index (Phi) is 3.43. The number of rotatable bonds is 3. The lowest BCUT2D eigenvalue weighted by Crippen LogP contribution is -1.88. The van der Waals surface area contributed by atoms with E-state index in [1.165, 1.54) is 22.3 Å². The zero-order chi connectivity index (χ0) is 12.3. The van der Waals surface area contributed by atoms with Crippen molar-refractivity contribution in [3.63, 3.8) is 0 Å². The third-order valence-electron chi connectivity index (χ3n) is 2.76. The second-order valence-corrected chi connectivity index (χ2v) is 4.66. The first kappa shape index (κ1) is 11.6. The number of aromatic nitrogens is 2. The number of hydrogen-bond donors (Lipinski definition) is 1. The molecule has 0 aliphatic heterocycles. The predicted octanol–water partition coefficient (Wildman–Crippen LogP) is 3.73. The summed E-state index contributed by atoms with van der Waals surface area (Å²) in [6, 6.07) is 8.69. The largest absolute Gasteiger partial charge is 0.283 e. The van der Waals surface area contributed by atoms with Crippen molar-refractivity contribution in [3.8, 4) is 0 Å². The zero-order valence-corrected chi connectivity index (χ0v) is 10.6. The Morgan fingerprint density at radius 3 is 2.47 bits per heavy atom. The van der Waals surface area contributed by atoms with Gasteiger partial charge in [-0.3, -0.25) is 5.10 Å². The molecule has 0 radical (unpaired) electrons. The van der Waals surface area contributed by atoms with Crippen LogP contribution in [-0.4, -0.2) is 10.2 Å². The minimum Gasteiger partial charge on any atom is -0.283 e. The Morgan fingerprint density at radius 2 is 1.94 bits per heavy atom. The number of benzene rings is 1. The van der Waals surface area contributed by atoms with Crippen LogP contribution in [0.25, 0.3) is 6.08 Å². The smallest absolute Gasteiger partial charge is 0.0525 e. The Bertz CT molecular complexity index is 514. The van der Waals surface area contributed by atoms with Crippen LogP contribution in [0.1, 0.15) is 36.2 Å². The molecule has 0 saturated carbocycles. The normalized spacial score (nSPS) is 10.3. The third kappa shape index (κ3) is 3.06. The van der Waals surface area contributed by atoms with Crippen molar-refractivity contribution >= 4 is 6.08 Å². The number of H-pyrrole nitrogens is 1. The summed E-state index contributed by atoms with van der Waals surface area (Å²) < 4.78 is 0. The highest BCUT2D eigenvalue weighted by Gasteiger charge is 2.01. The highest BCUT2D eigenvalue weighted by molar-refractivity contribution is 5.52. The third-order valence-corrected chi connectivity index (χ3v) is 2.76. The molecule has 0 amide bonds. The van der Waals surface area contributed by atoms with E-state index < -0.39 is 0 Å². The van der Waals surface area contributed by atoms with Crippen LogP contribution in [0.3, 0.4) is 0 Å². The Morgan fingerprint density at radius 1 is 1.24 bits per heavy atom. The minimum atomic E-state index is 0.942. The highest BCUT2D eigenvalue weighted by atomic mass is 15.1. The van der Waals surface area contributed by atoms with Gasteiger partial charge in [-0.1, -0.05) is 35.9 Å². The summed E-state index contributed by atoms with van der Waals surface area (Å²) in [7, 11) is 0. The van der Waals surface area contributed by atoms with E-state index in [2.05, 4.69) is 61.3 Å². The molecule has 0 fully saturated rings. The number of aromatic amines is 1. The van der Waals surface area contributed by atoms with Crippen LogP contribution >= 0.6 is 0 Å². The van der Waals surface area contributed by atoms with Crippen molar-refractivity contribution in [3.05, 3.63) is 58.4 Å². The molecule has 17 heavy (non-hydrogen) atoms. The van der Waals surface area contributed by atoms with E-state index in [1.807, 2.05) is 6.20 Å². The maximum atomic E-state index is 4.04. The van der Waals surface area contributed by atoms with E-state index in [-0.39, 0.29) is 0 Å². The van der Waals surface area contributed by atoms with Gasteiger partial charge in [0.25, 0.3) is 0 Å². The molecule has 88 valence electrons. The minimum absolute atomic E-state index is 0.942. The second-order valence-electron chi connectivity index (χ2n) is 4.66. The average molecular weight is 226 g/mol. The monoisotopic (exact) mass is 226 g/mol. The number of aryl methyl sites for hydroxylation is 1. The van der Waals surface area contributed by atoms with E-state index in [0.717, 1.165) is 12.1 Å². The molecule has 0 spiro atoms. The number of allylic oxidation sites excluding steroid dienone is 1. The highest BCUT2D eigenvalue weighted by Crippen LogP contribution is 2.13. The van der Waals surface area contributed by atoms with Crippen LogP contribution in [0.5, 0.6) is 0 Å². The number of hydrogen-bond acceptors (Lipinski definition) is 1. The lowest BCUT2D eigenvalue weighted by atomic mass is 10.0. The van der Waals surface area contributed by atoms with E-state index in [4.69, 9.17) is 0 Å². The molecule has 2 aromatic rings. The van der Waals surface area contributed by atoms with E-state index in [1.54, 1.807) is 0 Å². The quantitative estimate of drug-likeness (QED) is 0.848. The SMILES string of the molecule is CC(C)=Cc1ccc(Cc2cn[nH]c2C)cc1. The van der Waals surface area contributed by atoms with Crippen LogP contribution in [0.15, 0.2) is 36.0 Å². The standard InChI is InChI=1S/C15H18N2/c1-11(2)8-13-4-6-14(7-5-13)9-15-10-16-17-12(15)3/h4-8,10H,9H2,1-3H3,(H,16,17). The Labute approximate surface area is 102 Å². The van der Waals surface area contributed by atoms with Gasteiger partial charge < -0.3 is 0 Å². The lowest BCUT2D eigenvalue weighted by Gasteiger charge is -2.01. The van der Waals surface area contributed by atoms with Gasteiger partial charge in [-0.15, -0.1) is 0 Å². The molecule has 1 heterocycles. The van der Waals surface area contributed by atoms with Crippen LogP contribution in [0.2, 0.25) is 0 Å². The summed E-state index contributed by atoms with van der Waals surface area (Å²) in [6.45, 7) is 6.28. The average Bonchev–Trinajstić information content (AvgIpc) is 2.67. The molecule has 0 unspecified atom stereocenters. The molecule has 1 N–H and O–H groups in total. The molecular weight excluding hydrogens is 208 g/mol. The van der Waals surface area contributed by atoms with Crippen molar-refractivity contribution in [1.29, 1.82) is 0 Å². The summed E-state index contributed by atoms with van der Waals surface area (Å²) in [6.07, 6.45) is 5.03. The summed E-state index contributed by atoms with van der Waals surface area (Å²) in [4.78, 5) is 0. The Hall–Kier alpha value is -1.83. The van der Waals surface area contributed by atoms with E-state index >= 15 is 0 Å². The molecule has 1 aromatic heterocycles. The van der Waals surface area contributed by atoms with Crippen LogP contribution in [-0.2, 0) is 6.42 Å². The molecule has 0 aliphatic rings. The molecule has 0 bridgehead atoms. The first-order valence-electron chi connectivity index (χ1n) is 5.88. The summed E-state index contributed by atoms with van der Waals surface area (Å²) >= 11 is 0. The fraction of sp³-hybridized carbons (Fsp3) is 0.267. The zero-order valence-electron chi connectivity index (χ0n) is 10.6. The van der Waals surface area contributed by atoms with Crippen molar-refractivity contribution in [1.82, 2.24) is 10.2 Å². The molecule has 2 rings (SSSR count). The number of nitrogens with one attached hydrogen (secondary N) is 1. The predicted molar refractivity (Wildman–Crippen MR) is 71.9 cm³/mol. The fourth-order valence-electron chi connectivity index (χ4n) is 1.84. The molecule has 0 atom stereocenters. The molecule has 1 aromatic carbocycles. The van der Waals surface area contributed by atoms with Crippen molar-refractivity contribution < 1.29 is 0 Å². The van der Waals surface area contributed by atoms with Gasteiger partial charge in [0.05, 0.1) is 6.20 Å². The van der Waals surface area contributed by atoms with Crippen molar-refractivity contribution in [2.75, 3.05) is 0 Å². The molecule has 2 heteroatoms. The first-order chi connectivity index (χ1) is 8.15. The second kappa shape index (κ2) is 5.00. The molecule has 0 saturated heterocycles. The summed E-state index contributed by atoms with van der Waals surface area (Å²) in [5.74, 6) is 0. The van der Waals surface area contributed by atoms with Crippen LogP contribution in [0, 0.1) is 6.92 Å². The van der Waals surface area contributed by atoms with Crippen LogP contribution in [0.4, 0.5) is 0 Å². The van der Waals surface area contributed by atoms with Crippen molar-refractivity contribution in [2.45, 2.75) is 27.2 Å². The van der Waals surface area contributed by atoms with E-state index in [9.17, 15) is 0 Å². The van der Waals surface area contributed by atoms with Gasteiger partial charge >= 0.3 is 0 Å². The van der Waals surface area contributed by atoms with Gasteiger partial charge in [-0.2, -0.15) is 5.10 Å². The topological polar surface area (TPSA) is 28.7 Å². The van der Waals surface area contributed by atoms with Gasteiger partial charge in [-0.05, 0) is 37.5 Å². The van der Waals surface area contributed by atoms with Gasteiger partial charge in [0.15, 0.2) is 0 Å². The summed E-state index contributed by atoms with van der Waals surface area (Å²) in [5, 5.41) is 7.01. The van der Waals surface area contributed by atoms with Gasteiger partial charge in [-0.25, -0.2) is 0 Å². The molecule has 2 nitrogen and oxygen atoms in total. The van der Waals surface area contributed by atoms with Gasteiger partial charge in [0.1, 0.15) is 0 Å². The molecular formula is C15H18N2.